The van der Waals surface area contributed by atoms with Gasteiger partial charge in [-0.05, 0) is 59.3 Å². The van der Waals surface area contributed by atoms with E-state index in [9.17, 15) is 23.2 Å². The van der Waals surface area contributed by atoms with Crippen LogP contribution in [-0.2, 0) is 10.0 Å². The van der Waals surface area contributed by atoms with E-state index in [1.54, 1.807) is 42.5 Å². The van der Waals surface area contributed by atoms with Gasteiger partial charge in [0.15, 0.2) is 0 Å². The summed E-state index contributed by atoms with van der Waals surface area (Å²) in [5.41, 5.74) is -0.591. The SMILES string of the molecule is O=C(c1ccc(-c2ccncc2)n([O-])c1=O)N1CCN(S(=O)(=O)c2ccc3cc(Cl)ccc3c2)CC1. The third kappa shape index (κ3) is 4.34. The van der Waals surface area contributed by atoms with Crippen LogP contribution in [0.5, 0.6) is 0 Å². The van der Waals surface area contributed by atoms with Gasteiger partial charge in [-0.25, -0.2) is 8.42 Å². The number of rotatable bonds is 4. The van der Waals surface area contributed by atoms with E-state index in [-0.39, 0.29) is 47.1 Å². The van der Waals surface area contributed by atoms with E-state index in [0.29, 0.717) is 10.6 Å². The van der Waals surface area contributed by atoms with Crippen molar-refractivity contribution in [1.82, 2.24) is 18.9 Å². The average Bonchev–Trinajstić information content (AvgIpc) is 2.90. The number of hydrogen-bond donors (Lipinski definition) is 0. The van der Waals surface area contributed by atoms with Crippen LogP contribution in [0.2, 0.25) is 5.02 Å². The fourth-order valence-electron chi connectivity index (χ4n) is 4.23. The molecule has 184 valence electrons. The molecular formula is C25H20ClN4O5S-. The zero-order valence-electron chi connectivity index (χ0n) is 18.9. The molecule has 2 aromatic carbocycles. The van der Waals surface area contributed by atoms with Gasteiger partial charge in [0, 0.05) is 54.9 Å². The van der Waals surface area contributed by atoms with Crippen molar-refractivity contribution in [3.05, 3.63) is 99.2 Å². The predicted molar refractivity (Wildman–Crippen MR) is 136 cm³/mol. The summed E-state index contributed by atoms with van der Waals surface area (Å²) in [6.07, 6.45) is 3.00. The first kappa shape index (κ1) is 24.0. The first-order chi connectivity index (χ1) is 17.3. The van der Waals surface area contributed by atoms with Crippen molar-refractivity contribution in [3.8, 4) is 11.3 Å². The van der Waals surface area contributed by atoms with Crippen LogP contribution in [0.3, 0.4) is 0 Å². The standard InChI is InChI=1S/C25H20ClN4O5S/c26-20-3-1-19-16-21(4-2-18(19)15-20)36(34,35)29-13-11-28(12-14-29)24(31)22-5-6-23(30(33)25(22)32)17-7-9-27-10-8-17/h1-10,15-16H,11-14H2/q-1. The van der Waals surface area contributed by atoms with E-state index in [0.717, 1.165) is 10.8 Å². The molecule has 0 spiro atoms. The highest BCUT2D eigenvalue weighted by Gasteiger charge is 2.31. The van der Waals surface area contributed by atoms with Crippen LogP contribution in [0.25, 0.3) is 22.0 Å². The predicted octanol–water partition coefficient (Wildman–Crippen LogP) is 3.21. The summed E-state index contributed by atoms with van der Waals surface area (Å²) in [4.78, 5) is 31.1. The van der Waals surface area contributed by atoms with Crippen molar-refractivity contribution >= 4 is 38.3 Å². The second-order valence-corrected chi connectivity index (χ2v) is 10.7. The smallest absolute Gasteiger partial charge is 0.259 e. The zero-order chi connectivity index (χ0) is 25.4. The van der Waals surface area contributed by atoms with Crippen molar-refractivity contribution in [3.63, 3.8) is 0 Å². The first-order valence-corrected chi connectivity index (χ1v) is 12.9. The van der Waals surface area contributed by atoms with Gasteiger partial charge in [-0.15, -0.1) is 0 Å². The van der Waals surface area contributed by atoms with Gasteiger partial charge in [0.1, 0.15) is 5.56 Å². The lowest BCUT2D eigenvalue weighted by atomic mass is 10.1. The Bertz CT molecular complexity index is 1630. The summed E-state index contributed by atoms with van der Waals surface area (Å²) < 4.78 is 27.9. The van der Waals surface area contributed by atoms with Gasteiger partial charge in [0.25, 0.3) is 11.5 Å². The molecule has 9 nitrogen and oxygen atoms in total. The molecule has 1 amide bonds. The monoisotopic (exact) mass is 523 g/mol. The number of pyridine rings is 2. The number of nitrogens with zero attached hydrogens (tertiary/aromatic N) is 4. The summed E-state index contributed by atoms with van der Waals surface area (Å²) >= 11 is 6.01. The number of aromatic nitrogens is 2. The van der Waals surface area contributed by atoms with Crippen LogP contribution >= 0.6 is 11.6 Å². The minimum Gasteiger partial charge on any atom is -0.803 e. The van der Waals surface area contributed by atoms with Crippen LogP contribution in [0.1, 0.15) is 10.4 Å². The maximum absolute atomic E-state index is 13.2. The van der Waals surface area contributed by atoms with Crippen LogP contribution in [-0.4, -0.2) is 59.4 Å². The second-order valence-electron chi connectivity index (χ2n) is 8.32. The van der Waals surface area contributed by atoms with Crippen molar-refractivity contribution in [2.45, 2.75) is 4.90 Å². The molecule has 11 heteroatoms. The lowest BCUT2D eigenvalue weighted by molar-refractivity contribution is 0.0695. The third-order valence-corrected chi connectivity index (χ3v) is 8.32. The average molecular weight is 524 g/mol. The summed E-state index contributed by atoms with van der Waals surface area (Å²) in [7, 11) is -3.79. The van der Waals surface area contributed by atoms with Gasteiger partial charge < -0.3 is 14.8 Å². The molecule has 0 atom stereocenters. The Morgan fingerprint density at radius 3 is 2.28 bits per heavy atom. The molecule has 1 aliphatic rings. The maximum Gasteiger partial charge on any atom is 0.259 e. The van der Waals surface area contributed by atoms with Gasteiger partial charge >= 0.3 is 0 Å². The van der Waals surface area contributed by atoms with E-state index in [2.05, 4.69) is 4.98 Å². The van der Waals surface area contributed by atoms with Gasteiger partial charge in [0.05, 0.1) is 4.90 Å². The lowest BCUT2D eigenvalue weighted by Gasteiger charge is -2.34. The van der Waals surface area contributed by atoms with E-state index in [4.69, 9.17) is 11.6 Å². The highest BCUT2D eigenvalue weighted by atomic mass is 35.5. The van der Waals surface area contributed by atoms with Crippen LogP contribution in [0.15, 0.2) is 82.7 Å². The Labute approximate surface area is 211 Å². The Balaban J connectivity index is 1.32. The number of halogens is 1. The van der Waals surface area contributed by atoms with Crippen molar-refractivity contribution in [2.24, 2.45) is 0 Å². The highest BCUT2D eigenvalue weighted by Crippen LogP contribution is 2.25. The minimum atomic E-state index is -3.79. The van der Waals surface area contributed by atoms with Gasteiger partial charge in [-0.3, -0.25) is 14.6 Å². The zero-order valence-corrected chi connectivity index (χ0v) is 20.4. The van der Waals surface area contributed by atoms with E-state index in [1.165, 1.54) is 39.8 Å². The second kappa shape index (κ2) is 9.38. The number of fused-ring (bicyclic) bond motifs is 1. The highest BCUT2D eigenvalue weighted by molar-refractivity contribution is 7.89. The van der Waals surface area contributed by atoms with Crippen LogP contribution < -0.4 is 5.56 Å². The molecule has 5 rings (SSSR count). The van der Waals surface area contributed by atoms with Crippen molar-refractivity contribution < 1.29 is 13.2 Å². The van der Waals surface area contributed by atoms with E-state index >= 15 is 0 Å². The van der Waals surface area contributed by atoms with Gasteiger partial charge in [-0.1, -0.05) is 23.7 Å². The molecule has 1 fully saturated rings. The number of carbonyl (C=O) groups is 1. The Morgan fingerprint density at radius 2 is 1.56 bits per heavy atom. The topological polar surface area (TPSA) is 116 Å². The molecule has 0 N–H and O–H groups in total. The number of amides is 1. The molecule has 36 heavy (non-hydrogen) atoms. The summed E-state index contributed by atoms with van der Waals surface area (Å²) in [6.45, 7) is 0.304. The molecule has 0 bridgehead atoms. The molecule has 2 aromatic heterocycles. The molecule has 0 unspecified atom stereocenters. The Hall–Kier alpha value is -3.73. The molecule has 0 radical (unpaired) electrons. The van der Waals surface area contributed by atoms with Crippen molar-refractivity contribution in [2.75, 3.05) is 26.2 Å². The summed E-state index contributed by atoms with van der Waals surface area (Å²) in [5, 5.41) is 14.7. The third-order valence-electron chi connectivity index (χ3n) is 6.19. The summed E-state index contributed by atoms with van der Waals surface area (Å²) in [6, 6.07) is 16.0. The molecule has 3 heterocycles. The fourth-order valence-corrected chi connectivity index (χ4v) is 5.86. The number of hydrogen-bond acceptors (Lipinski definition) is 6. The molecule has 1 saturated heterocycles. The quantitative estimate of drug-likeness (QED) is 0.405. The Kier molecular flexibility index (Phi) is 6.25. The molecule has 0 aliphatic carbocycles. The fraction of sp³-hybridized carbons (Fsp3) is 0.160. The van der Waals surface area contributed by atoms with Gasteiger partial charge in [0.2, 0.25) is 10.0 Å². The first-order valence-electron chi connectivity index (χ1n) is 11.1. The molecule has 4 aromatic rings. The maximum atomic E-state index is 13.2. The largest absolute Gasteiger partial charge is 0.803 e. The minimum absolute atomic E-state index is 0.0629. The number of carbonyl (C=O) groups excluding carboxylic acids is 1. The molecule has 1 aliphatic heterocycles. The number of sulfonamides is 1. The van der Waals surface area contributed by atoms with Crippen LogP contribution in [0, 0.1) is 5.21 Å². The van der Waals surface area contributed by atoms with E-state index in [1.807, 2.05) is 0 Å². The Morgan fingerprint density at radius 1 is 0.889 bits per heavy atom. The summed E-state index contributed by atoms with van der Waals surface area (Å²) in [5.74, 6) is -0.606. The lowest BCUT2D eigenvalue weighted by Crippen LogP contribution is -2.51. The van der Waals surface area contributed by atoms with E-state index < -0.39 is 21.5 Å². The molecular weight excluding hydrogens is 504 g/mol. The van der Waals surface area contributed by atoms with Crippen molar-refractivity contribution in [1.29, 1.82) is 0 Å². The number of benzene rings is 2. The van der Waals surface area contributed by atoms with Gasteiger partial charge in [-0.2, -0.15) is 4.31 Å². The molecule has 0 saturated carbocycles. The van der Waals surface area contributed by atoms with Crippen LogP contribution in [0.4, 0.5) is 0 Å². The normalized spacial score (nSPS) is 14.8. The number of piperazine rings is 1.